The first-order chi connectivity index (χ1) is 13.1. The van der Waals surface area contributed by atoms with E-state index in [4.69, 9.17) is 9.47 Å². The summed E-state index contributed by atoms with van der Waals surface area (Å²) in [6.45, 7) is 0.853. The van der Waals surface area contributed by atoms with Gasteiger partial charge in [0.2, 0.25) is 5.91 Å². The lowest BCUT2D eigenvalue weighted by Crippen LogP contribution is -2.40. The second kappa shape index (κ2) is 6.50. The number of rotatable bonds is 3. The first-order valence-corrected chi connectivity index (χ1v) is 8.76. The largest absolute Gasteiger partial charge is 0.497 e. The molecule has 0 radical (unpaired) electrons. The van der Waals surface area contributed by atoms with Gasteiger partial charge in [0.25, 0.3) is 0 Å². The molecule has 2 N–H and O–H groups in total. The number of likely N-dealkylation sites (tertiary alicyclic amines) is 1. The van der Waals surface area contributed by atoms with E-state index >= 15 is 0 Å². The van der Waals surface area contributed by atoms with Crippen molar-refractivity contribution in [2.24, 2.45) is 0 Å². The number of carbonyl (C=O) groups is 2. The molecule has 4 rings (SSSR count). The molecule has 0 bridgehead atoms. The number of amides is 3. The number of fused-ring (bicyclic) bond motifs is 2. The number of urea groups is 1. The van der Waals surface area contributed by atoms with Gasteiger partial charge in [0.15, 0.2) is 0 Å². The van der Waals surface area contributed by atoms with Crippen LogP contribution in [0.5, 0.6) is 11.5 Å². The van der Waals surface area contributed by atoms with E-state index in [-0.39, 0.29) is 11.9 Å². The summed E-state index contributed by atoms with van der Waals surface area (Å²) < 4.78 is 10.5. The average Bonchev–Trinajstić information content (AvgIpc) is 3.26. The van der Waals surface area contributed by atoms with Crippen LogP contribution in [-0.2, 0) is 10.2 Å². The van der Waals surface area contributed by atoms with Gasteiger partial charge in [-0.3, -0.25) is 4.79 Å². The lowest BCUT2D eigenvalue weighted by Gasteiger charge is -2.23. The molecule has 27 heavy (non-hydrogen) atoms. The average molecular weight is 367 g/mol. The molecule has 2 heterocycles. The molecule has 7 heteroatoms. The van der Waals surface area contributed by atoms with Gasteiger partial charge in [-0.2, -0.15) is 0 Å². The number of ether oxygens (including phenoxy) is 2. The standard InChI is InChI=1S/C20H21N3O4/c1-26-13-7-8-16(17(11-13)27-2)22-19(25)23-10-9-20(12-23)14-5-3-4-6-15(14)21-18(20)24/h3-8,11H,9-10,12H2,1-2H3,(H,21,24)(H,22,25). The van der Waals surface area contributed by atoms with Crippen LogP contribution in [0.15, 0.2) is 42.5 Å². The summed E-state index contributed by atoms with van der Waals surface area (Å²) in [5.74, 6) is 1.12. The third kappa shape index (κ3) is 2.75. The number of anilines is 2. The Morgan fingerprint density at radius 1 is 1.19 bits per heavy atom. The van der Waals surface area contributed by atoms with Crippen molar-refractivity contribution >= 4 is 23.3 Å². The molecular formula is C20H21N3O4. The fraction of sp³-hybridized carbons (Fsp3) is 0.300. The van der Waals surface area contributed by atoms with Crippen LogP contribution in [0.1, 0.15) is 12.0 Å². The summed E-state index contributed by atoms with van der Waals surface area (Å²) in [7, 11) is 3.11. The quantitative estimate of drug-likeness (QED) is 0.874. The molecule has 2 aromatic rings. The molecule has 1 saturated heterocycles. The van der Waals surface area contributed by atoms with Gasteiger partial charge < -0.3 is 25.0 Å². The highest BCUT2D eigenvalue weighted by Crippen LogP contribution is 2.44. The fourth-order valence-corrected chi connectivity index (χ4v) is 3.86. The number of methoxy groups -OCH3 is 2. The van der Waals surface area contributed by atoms with E-state index < -0.39 is 5.41 Å². The maximum atomic E-state index is 12.8. The van der Waals surface area contributed by atoms with Gasteiger partial charge in [0.1, 0.15) is 11.5 Å². The summed E-state index contributed by atoms with van der Waals surface area (Å²) in [6, 6.07) is 12.6. The zero-order valence-electron chi connectivity index (χ0n) is 15.2. The summed E-state index contributed by atoms with van der Waals surface area (Å²) in [6.07, 6.45) is 0.600. The maximum Gasteiger partial charge on any atom is 0.321 e. The number of hydrogen-bond acceptors (Lipinski definition) is 4. The third-order valence-electron chi connectivity index (χ3n) is 5.33. The van der Waals surface area contributed by atoms with Crippen molar-refractivity contribution in [2.45, 2.75) is 11.8 Å². The topological polar surface area (TPSA) is 79.9 Å². The van der Waals surface area contributed by atoms with Crippen molar-refractivity contribution in [3.8, 4) is 11.5 Å². The van der Waals surface area contributed by atoms with E-state index in [1.807, 2.05) is 24.3 Å². The van der Waals surface area contributed by atoms with Crippen molar-refractivity contribution in [3.63, 3.8) is 0 Å². The number of hydrogen-bond donors (Lipinski definition) is 2. The van der Waals surface area contributed by atoms with Crippen LogP contribution in [0.4, 0.5) is 16.2 Å². The lowest BCUT2D eigenvalue weighted by molar-refractivity contribution is -0.120. The molecule has 3 amide bonds. The molecule has 2 aliphatic rings. The number of carbonyl (C=O) groups excluding carboxylic acids is 2. The molecule has 1 unspecified atom stereocenters. The van der Waals surface area contributed by atoms with Crippen molar-refractivity contribution in [1.82, 2.24) is 4.90 Å². The van der Waals surface area contributed by atoms with Gasteiger partial charge in [0, 0.05) is 24.8 Å². The van der Waals surface area contributed by atoms with E-state index in [1.54, 1.807) is 30.2 Å². The minimum absolute atomic E-state index is 0.0407. The Morgan fingerprint density at radius 2 is 2.00 bits per heavy atom. The normalized spacial score (nSPS) is 20.4. The smallest absolute Gasteiger partial charge is 0.321 e. The Balaban J connectivity index is 1.53. The molecule has 1 atom stereocenters. The third-order valence-corrected chi connectivity index (χ3v) is 5.33. The number of nitrogens with zero attached hydrogens (tertiary/aromatic N) is 1. The van der Waals surface area contributed by atoms with Gasteiger partial charge in [0.05, 0.1) is 25.3 Å². The van der Waals surface area contributed by atoms with Crippen LogP contribution in [0, 0.1) is 0 Å². The number of nitrogens with one attached hydrogen (secondary N) is 2. The van der Waals surface area contributed by atoms with Gasteiger partial charge >= 0.3 is 6.03 Å². The van der Waals surface area contributed by atoms with Gasteiger partial charge in [-0.05, 0) is 30.2 Å². The molecule has 1 spiro atoms. The zero-order valence-corrected chi connectivity index (χ0v) is 15.2. The molecule has 0 aliphatic carbocycles. The Kier molecular flexibility index (Phi) is 4.14. The zero-order chi connectivity index (χ0) is 19.0. The second-order valence-corrected chi connectivity index (χ2v) is 6.75. The Labute approximate surface area is 157 Å². The Bertz CT molecular complexity index is 914. The van der Waals surface area contributed by atoms with Crippen molar-refractivity contribution in [1.29, 1.82) is 0 Å². The van der Waals surface area contributed by atoms with Crippen LogP contribution < -0.4 is 20.1 Å². The van der Waals surface area contributed by atoms with Crippen LogP contribution in [0.3, 0.4) is 0 Å². The SMILES string of the molecule is COc1ccc(NC(=O)N2CCC3(C2)C(=O)Nc2ccccc23)c(OC)c1. The molecular weight excluding hydrogens is 346 g/mol. The highest BCUT2D eigenvalue weighted by atomic mass is 16.5. The molecule has 1 fully saturated rings. The molecule has 0 saturated carbocycles. The highest BCUT2D eigenvalue weighted by molar-refractivity contribution is 6.07. The first-order valence-electron chi connectivity index (χ1n) is 8.76. The van der Waals surface area contributed by atoms with E-state index in [2.05, 4.69) is 10.6 Å². The van der Waals surface area contributed by atoms with E-state index in [0.717, 1.165) is 11.3 Å². The van der Waals surface area contributed by atoms with Gasteiger partial charge in [-0.15, -0.1) is 0 Å². The Morgan fingerprint density at radius 3 is 2.78 bits per heavy atom. The number of para-hydroxylation sites is 1. The molecule has 2 aliphatic heterocycles. The van der Waals surface area contributed by atoms with Crippen molar-refractivity contribution in [3.05, 3.63) is 48.0 Å². The second-order valence-electron chi connectivity index (χ2n) is 6.75. The van der Waals surface area contributed by atoms with Crippen molar-refractivity contribution in [2.75, 3.05) is 37.9 Å². The Hall–Kier alpha value is -3.22. The van der Waals surface area contributed by atoms with Crippen LogP contribution in [0.2, 0.25) is 0 Å². The number of benzene rings is 2. The van der Waals surface area contributed by atoms with Crippen LogP contribution in [-0.4, -0.2) is 44.1 Å². The maximum absolute atomic E-state index is 12.8. The fourth-order valence-electron chi connectivity index (χ4n) is 3.86. The lowest BCUT2D eigenvalue weighted by atomic mass is 9.81. The van der Waals surface area contributed by atoms with E-state index in [9.17, 15) is 9.59 Å². The summed E-state index contributed by atoms with van der Waals surface area (Å²) >= 11 is 0. The van der Waals surface area contributed by atoms with E-state index in [1.165, 1.54) is 7.11 Å². The molecule has 140 valence electrons. The van der Waals surface area contributed by atoms with Crippen molar-refractivity contribution < 1.29 is 19.1 Å². The van der Waals surface area contributed by atoms with Crippen LogP contribution >= 0.6 is 0 Å². The van der Waals surface area contributed by atoms with Crippen LogP contribution in [0.25, 0.3) is 0 Å². The summed E-state index contributed by atoms with van der Waals surface area (Å²) in [5, 5.41) is 5.81. The minimum atomic E-state index is -0.669. The molecule has 0 aromatic heterocycles. The van der Waals surface area contributed by atoms with E-state index in [0.29, 0.717) is 36.7 Å². The van der Waals surface area contributed by atoms with Gasteiger partial charge in [-0.1, -0.05) is 18.2 Å². The minimum Gasteiger partial charge on any atom is -0.497 e. The molecule has 2 aromatic carbocycles. The monoisotopic (exact) mass is 367 g/mol. The first kappa shape index (κ1) is 17.2. The highest BCUT2D eigenvalue weighted by Gasteiger charge is 2.52. The molecule has 7 nitrogen and oxygen atoms in total. The predicted octanol–water partition coefficient (Wildman–Crippen LogP) is 2.83. The summed E-state index contributed by atoms with van der Waals surface area (Å²) in [5.41, 5.74) is 1.69. The predicted molar refractivity (Wildman–Crippen MR) is 102 cm³/mol. The van der Waals surface area contributed by atoms with Gasteiger partial charge in [-0.25, -0.2) is 4.79 Å². The summed E-state index contributed by atoms with van der Waals surface area (Å²) in [4.78, 5) is 27.1.